The van der Waals surface area contributed by atoms with E-state index in [0.29, 0.717) is 17.3 Å². The van der Waals surface area contributed by atoms with Gasteiger partial charge < -0.3 is 10.7 Å². The predicted molar refractivity (Wildman–Crippen MR) is 84.6 cm³/mol. The molecule has 0 saturated heterocycles. The van der Waals surface area contributed by atoms with Crippen LogP contribution >= 0.6 is 11.6 Å². The zero-order valence-corrected chi connectivity index (χ0v) is 11.9. The maximum atomic E-state index is 11.1. The third kappa shape index (κ3) is 3.84. The molecule has 0 amide bonds. The number of nitro groups is 1. The molecule has 2 rings (SSSR count). The molecule has 0 bridgehead atoms. The Balaban J connectivity index is 2.06. The summed E-state index contributed by atoms with van der Waals surface area (Å²) in [4.78, 5) is 10.7. The Kier molecular flexibility index (Phi) is 4.97. The van der Waals surface area contributed by atoms with Crippen LogP contribution in [0.3, 0.4) is 0 Å². The molecule has 0 saturated carbocycles. The van der Waals surface area contributed by atoms with Gasteiger partial charge in [0.05, 0.1) is 4.92 Å². The number of para-hydroxylation sites is 1. The molecular formula is C14H15ClN4O2. The topological polar surface area (TPSA) is 93.2 Å². The van der Waals surface area contributed by atoms with Gasteiger partial charge in [-0.2, -0.15) is 0 Å². The lowest BCUT2D eigenvalue weighted by molar-refractivity contribution is -0.383. The van der Waals surface area contributed by atoms with E-state index >= 15 is 0 Å². The molecule has 0 heterocycles. The second kappa shape index (κ2) is 6.92. The van der Waals surface area contributed by atoms with Crippen LogP contribution in [0.25, 0.3) is 0 Å². The average molecular weight is 307 g/mol. The lowest BCUT2D eigenvalue weighted by Gasteiger charge is -2.10. The van der Waals surface area contributed by atoms with Crippen molar-refractivity contribution in [2.75, 3.05) is 17.3 Å². The van der Waals surface area contributed by atoms with Gasteiger partial charge in [-0.1, -0.05) is 29.8 Å². The van der Waals surface area contributed by atoms with Crippen LogP contribution in [0.2, 0.25) is 5.02 Å². The van der Waals surface area contributed by atoms with Crippen molar-refractivity contribution in [3.8, 4) is 0 Å². The molecule has 0 spiro atoms. The first-order chi connectivity index (χ1) is 10.1. The maximum Gasteiger partial charge on any atom is 0.316 e. The summed E-state index contributed by atoms with van der Waals surface area (Å²) in [5.74, 6) is 5.30. The lowest BCUT2D eigenvalue weighted by Crippen LogP contribution is -2.12. The van der Waals surface area contributed by atoms with Gasteiger partial charge in [-0.25, -0.2) is 0 Å². The predicted octanol–water partition coefficient (Wildman–Crippen LogP) is 3.19. The van der Waals surface area contributed by atoms with Crippen molar-refractivity contribution >= 4 is 28.7 Å². The Bertz CT molecular complexity index is 631. The molecule has 4 N–H and O–H groups in total. The minimum atomic E-state index is -0.459. The number of halogens is 1. The summed E-state index contributed by atoms with van der Waals surface area (Å²) in [6.07, 6.45) is 0.731. The van der Waals surface area contributed by atoms with Gasteiger partial charge in [-0.15, -0.1) is 0 Å². The summed E-state index contributed by atoms with van der Waals surface area (Å²) in [6.45, 7) is 0.566. The average Bonchev–Trinajstić information content (AvgIpc) is 2.48. The van der Waals surface area contributed by atoms with Crippen LogP contribution in [-0.4, -0.2) is 11.5 Å². The Morgan fingerprint density at radius 3 is 2.43 bits per heavy atom. The van der Waals surface area contributed by atoms with Gasteiger partial charge in [0, 0.05) is 11.6 Å². The van der Waals surface area contributed by atoms with Crippen molar-refractivity contribution in [2.45, 2.75) is 6.42 Å². The molecule has 0 radical (unpaired) electrons. The molecule has 0 fully saturated rings. The smallest absolute Gasteiger partial charge is 0.316 e. The third-order valence-corrected chi connectivity index (χ3v) is 3.27. The number of nitrogens with zero attached hydrogens (tertiary/aromatic N) is 1. The van der Waals surface area contributed by atoms with Gasteiger partial charge in [0.15, 0.2) is 0 Å². The van der Waals surface area contributed by atoms with E-state index in [-0.39, 0.29) is 11.4 Å². The first kappa shape index (κ1) is 15.1. The molecule has 6 nitrogen and oxygen atoms in total. The Morgan fingerprint density at radius 1 is 1.14 bits per heavy atom. The number of nitrogens with one attached hydrogen (secondary N) is 2. The van der Waals surface area contributed by atoms with Crippen LogP contribution in [0.5, 0.6) is 0 Å². The van der Waals surface area contributed by atoms with E-state index in [1.165, 1.54) is 0 Å². The van der Waals surface area contributed by atoms with Crippen LogP contribution in [0.1, 0.15) is 5.56 Å². The van der Waals surface area contributed by atoms with Crippen molar-refractivity contribution in [3.05, 3.63) is 63.2 Å². The quantitative estimate of drug-likeness (QED) is 0.433. The van der Waals surface area contributed by atoms with Crippen LogP contribution in [-0.2, 0) is 6.42 Å². The van der Waals surface area contributed by atoms with E-state index in [1.54, 1.807) is 18.2 Å². The minimum absolute atomic E-state index is 0.0592. The van der Waals surface area contributed by atoms with Crippen LogP contribution in [0, 0.1) is 10.1 Å². The highest BCUT2D eigenvalue weighted by Gasteiger charge is 2.18. The summed E-state index contributed by atoms with van der Waals surface area (Å²) < 4.78 is 0. The number of nitro benzene ring substituents is 1. The fourth-order valence-electron chi connectivity index (χ4n) is 1.99. The fourth-order valence-corrected chi connectivity index (χ4v) is 2.12. The number of hydrogen-bond donors (Lipinski definition) is 3. The van der Waals surface area contributed by atoms with Crippen molar-refractivity contribution < 1.29 is 4.92 Å². The third-order valence-electron chi connectivity index (χ3n) is 3.02. The Labute approximate surface area is 127 Å². The molecule has 0 unspecified atom stereocenters. The lowest BCUT2D eigenvalue weighted by atomic mass is 10.1. The van der Waals surface area contributed by atoms with Crippen LogP contribution in [0.4, 0.5) is 17.1 Å². The van der Waals surface area contributed by atoms with Gasteiger partial charge >= 0.3 is 5.69 Å². The van der Waals surface area contributed by atoms with E-state index in [9.17, 15) is 10.1 Å². The largest absolute Gasteiger partial charge is 0.379 e. The number of rotatable bonds is 6. The normalized spacial score (nSPS) is 10.2. The Hall–Kier alpha value is -2.31. The first-order valence-electron chi connectivity index (χ1n) is 6.34. The van der Waals surface area contributed by atoms with Crippen molar-refractivity contribution in [1.29, 1.82) is 0 Å². The number of nitrogen functional groups attached to an aromatic ring is 1. The zero-order valence-electron chi connectivity index (χ0n) is 11.2. The molecule has 110 valence electrons. The highest BCUT2D eigenvalue weighted by atomic mass is 35.5. The van der Waals surface area contributed by atoms with Gasteiger partial charge in [-0.05, 0) is 36.2 Å². The van der Waals surface area contributed by atoms with E-state index in [0.717, 1.165) is 12.0 Å². The van der Waals surface area contributed by atoms with Gasteiger partial charge in [-0.3, -0.25) is 16.0 Å². The first-order valence-corrected chi connectivity index (χ1v) is 6.72. The van der Waals surface area contributed by atoms with Gasteiger partial charge in [0.25, 0.3) is 0 Å². The molecule has 2 aromatic rings. The second-order valence-electron chi connectivity index (χ2n) is 4.41. The Morgan fingerprint density at radius 2 is 1.81 bits per heavy atom. The minimum Gasteiger partial charge on any atom is -0.379 e. The molecule has 0 aliphatic heterocycles. The SMILES string of the molecule is NNc1cccc(NCCc2ccc(Cl)cc2)c1[N+](=O)[O-]. The van der Waals surface area contributed by atoms with Crippen LogP contribution < -0.4 is 16.6 Å². The molecular weight excluding hydrogens is 292 g/mol. The summed E-state index contributed by atoms with van der Waals surface area (Å²) in [5.41, 5.74) is 4.09. The second-order valence-corrected chi connectivity index (χ2v) is 4.84. The fraction of sp³-hybridized carbons (Fsp3) is 0.143. The number of hydrogen-bond acceptors (Lipinski definition) is 5. The van der Waals surface area contributed by atoms with E-state index in [1.807, 2.05) is 24.3 Å². The van der Waals surface area contributed by atoms with Crippen molar-refractivity contribution in [2.24, 2.45) is 5.84 Å². The number of hydrazine groups is 1. The van der Waals surface area contributed by atoms with Crippen LogP contribution in [0.15, 0.2) is 42.5 Å². The van der Waals surface area contributed by atoms with Crippen molar-refractivity contribution in [1.82, 2.24) is 0 Å². The van der Waals surface area contributed by atoms with Gasteiger partial charge in [0.1, 0.15) is 11.4 Å². The highest BCUT2D eigenvalue weighted by molar-refractivity contribution is 6.30. The number of benzene rings is 2. The molecule has 0 aliphatic rings. The van der Waals surface area contributed by atoms with Gasteiger partial charge in [0.2, 0.25) is 0 Å². The van der Waals surface area contributed by atoms with E-state index in [2.05, 4.69) is 10.7 Å². The molecule has 0 aliphatic carbocycles. The van der Waals surface area contributed by atoms with E-state index in [4.69, 9.17) is 17.4 Å². The molecule has 2 aromatic carbocycles. The zero-order chi connectivity index (χ0) is 15.2. The highest BCUT2D eigenvalue weighted by Crippen LogP contribution is 2.32. The molecule has 7 heteroatoms. The number of nitrogens with two attached hydrogens (primary N) is 1. The van der Waals surface area contributed by atoms with E-state index < -0.39 is 4.92 Å². The number of anilines is 2. The monoisotopic (exact) mass is 306 g/mol. The standard InChI is InChI=1S/C14H15ClN4O2/c15-11-6-4-10(5-7-11)8-9-17-12-2-1-3-13(18-16)14(12)19(20)21/h1-7,17-18H,8-9,16H2. The summed E-state index contributed by atoms with van der Waals surface area (Å²) >= 11 is 5.82. The molecule has 21 heavy (non-hydrogen) atoms. The summed E-state index contributed by atoms with van der Waals surface area (Å²) in [7, 11) is 0. The maximum absolute atomic E-state index is 11.1. The van der Waals surface area contributed by atoms with Crippen molar-refractivity contribution in [3.63, 3.8) is 0 Å². The molecule has 0 atom stereocenters. The summed E-state index contributed by atoms with van der Waals surface area (Å²) in [6, 6.07) is 12.4. The molecule has 0 aromatic heterocycles. The summed E-state index contributed by atoms with van der Waals surface area (Å²) in [5, 5.41) is 14.9.